The van der Waals surface area contributed by atoms with Gasteiger partial charge in [-0.25, -0.2) is 0 Å². The fourth-order valence-corrected chi connectivity index (χ4v) is 6.25. The van der Waals surface area contributed by atoms with Gasteiger partial charge < -0.3 is 14.8 Å². The van der Waals surface area contributed by atoms with Gasteiger partial charge in [-0.15, -0.1) is 0 Å². The van der Waals surface area contributed by atoms with Gasteiger partial charge in [0, 0.05) is 18.7 Å². The number of amides is 3. The molecule has 1 fully saturated rings. The van der Waals surface area contributed by atoms with Gasteiger partial charge in [0.05, 0.1) is 30.4 Å². The number of ether oxygens (including phenoxy) is 2. The van der Waals surface area contributed by atoms with Gasteiger partial charge in [0.1, 0.15) is 10.9 Å². The number of fused-ring (bicyclic) bond motifs is 1. The Bertz CT molecular complexity index is 1540. The molecule has 3 amide bonds. The number of benzene rings is 3. The van der Waals surface area contributed by atoms with E-state index >= 15 is 0 Å². The first-order valence-corrected chi connectivity index (χ1v) is 14.3. The molecule has 3 aromatic carbocycles. The lowest BCUT2D eigenvalue weighted by atomic mass is 10.1. The number of nitrogens with zero attached hydrogens (tertiary/aromatic N) is 2. The quantitative estimate of drug-likeness (QED) is 0.281. The first-order chi connectivity index (χ1) is 19.9. The minimum absolute atomic E-state index is 0.145. The minimum Gasteiger partial charge on any atom is -0.493 e. The van der Waals surface area contributed by atoms with Gasteiger partial charge in [0.2, 0.25) is 5.91 Å². The van der Waals surface area contributed by atoms with E-state index in [0.29, 0.717) is 53.0 Å². The van der Waals surface area contributed by atoms with E-state index in [1.165, 1.54) is 9.80 Å². The van der Waals surface area contributed by atoms with E-state index in [4.69, 9.17) is 21.7 Å². The van der Waals surface area contributed by atoms with E-state index < -0.39 is 0 Å². The highest BCUT2D eigenvalue weighted by Crippen LogP contribution is 2.44. The Morgan fingerprint density at radius 2 is 1.59 bits per heavy atom. The summed E-state index contributed by atoms with van der Waals surface area (Å²) >= 11 is 6.68. The van der Waals surface area contributed by atoms with Crippen molar-refractivity contribution < 1.29 is 23.9 Å². The summed E-state index contributed by atoms with van der Waals surface area (Å²) in [6.07, 6.45) is 1.23. The maximum atomic E-state index is 13.7. The third-order valence-corrected chi connectivity index (χ3v) is 8.40. The number of hydrogen-bond acceptors (Lipinski definition) is 7. The number of para-hydroxylation sites is 1. The molecule has 1 N–H and O–H groups in total. The van der Waals surface area contributed by atoms with Crippen LogP contribution in [-0.2, 0) is 27.2 Å². The SMILES string of the molecule is COc1ccc(CCN2C(=O)C(=C3C(=O)N(CC(=O)NCCc4ccccc4)c4ccccc43)SC2=S)cc1OC. The maximum Gasteiger partial charge on any atom is 0.267 e. The lowest BCUT2D eigenvalue weighted by Gasteiger charge is -2.17. The van der Waals surface area contributed by atoms with Gasteiger partial charge >= 0.3 is 0 Å². The van der Waals surface area contributed by atoms with E-state index in [9.17, 15) is 14.4 Å². The number of carbonyl (C=O) groups excluding carboxylic acids is 3. The zero-order chi connectivity index (χ0) is 28.9. The zero-order valence-electron chi connectivity index (χ0n) is 22.7. The summed E-state index contributed by atoms with van der Waals surface area (Å²) in [4.78, 5) is 43.3. The minimum atomic E-state index is -0.384. The molecular weight excluding hydrogens is 558 g/mol. The predicted molar refractivity (Wildman–Crippen MR) is 164 cm³/mol. The molecule has 210 valence electrons. The van der Waals surface area contributed by atoms with E-state index in [1.54, 1.807) is 26.4 Å². The van der Waals surface area contributed by atoms with Crippen LogP contribution in [0.2, 0.25) is 0 Å². The van der Waals surface area contributed by atoms with Crippen molar-refractivity contribution in [3.63, 3.8) is 0 Å². The van der Waals surface area contributed by atoms with Crippen molar-refractivity contribution in [2.45, 2.75) is 12.8 Å². The van der Waals surface area contributed by atoms with Crippen molar-refractivity contribution in [3.8, 4) is 11.5 Å². The van der Waals surface area contributed by atoms with Crippen LogP contribution in [-0.4, -0.2) is 60.8 Å². The smallest absolute Gasteiger partial charge is 0.267 e. The first-order valence-electron chi connectivity index (χ1n) is 13.1. The number of methoxy groups -OCH3 is 2. The number of anilines is 1. The largest absolute Gasteiger partial charge is 0.493 e. The summed E-state index contributed by atoms with van der Waals surface area (Å²) in [6.45, 7) is 0.659. The van der Waals surface area contributed by atoms with Crippen molar-refractivity contribution in [2.75, 3.05) is 38.8 Å². The van der Waals surface area contributed by atoms with Crippen LogP contribution < -0.4 is 19.7 Å². The van der Waals surface area contributed by atoms with Gasteiger partial charge in [-0.05, 0) is 42.2 Å². The number of thiocarbonyl (C=S) groups is 1. The molecule has 1 saturated heterocycles. The van der Waals surface area contributed by atoms with Crippen molar-refractivity contribution >= 4 is 57.3 Å². The predicted octanol–water partition coefficient (Wildman–Crippen LogP) is 4.22. The zero-order valence-corrected chi connectivity index (χ0v) is 24.3. The average molecular weight is 588 g/mol. The second kappa shape index (κ2) is 12.6. The molecule has 0 saturated carbocycles. The molecule has 0 aliphatic carbocycles. The van der Waals surface area contributed by atoms with Gasteiger partial charge in [-0.2, -0.15) is 0 Å². The van der Waals surface area contributed by atoms with Gasteiger partial charge in [-0.3, -0.25) is 24.2 Å². The molecule has 3 aromatic rings. The maximum absolute atomic E-state index is 13.7. The Morgan fingerprint density at radius 3 is 2.34 bits per heavy atom. The highest BCUT2D eigenvalue weighted by atomic mass is 32.2. The second-order valence-electron chi connectivity index (χ2n) is 9.46. The molecule has 0 unspecified atom stereocenters. The lowest BCUT2D eigenvalue weighted by molar-refractivity contribution is -0.122. The number of nitrogens with one attached hydrogen (secondary N) is 1. The Kier molecular flexibility index (Phi) is 8.70. The summed E-state index contributed by atoms with van der Waals surface area (Å²) < 4.78 is 11.1. The molecular formula is C31H29N3O5S2. The van der Waals surface area contributed by atoms with Crippen LogP contribution in [0.15, 0.2) is 77.7 Å². The molecule has 8 nitrogen and oxygen atoms in total. The Labute approximate surface area is 248 Å². The van der Waals surface area contributed by atoms with Crippen LogP contribution >= 0.6 is 24.0 Å². The summed E-state index contributed by atoms with van der Waals surface area (Å²) in [5.74, 6) is 0.264. The van der Waals surface area contributed by atoms with Crippen molar-refractivity contribution in [3.05, 3.63) is 94.4 Å². The second-order valence-corrected chi connectivity index (χ2v) is 11.1. The van der Waals surface area contributed by atoms with Crippen molar-refractivity contribution in [1.82, 2.24) is 10.2 Å². The monoisotopic (exact) mass is 587 g/mol. The third kappa shape index (κ3) is 5.98. The molecule has 2 aliphatic heterocycles. The molecule has 0 aromatic heterocycles. The Balaban J connectivity index is 1.30. The third-order valence-electron chi connectivity index (χ3n) is 6.95. The summed E-state index contributed by atoms with van der Waals surface area (Å²) in [6, 6.07) is 22.7. The Hall–Kier alpha value is -4.15. The number of carbonyl (C=O) groups is 3. The van der Waals surface area contributed by atoms with Gasteiger partial charge in [-0.1, -0.05) is 78.6 Å². The number of rotatable bonds is 10. The molecule has 10 heteroatoms. The molecule has 41 heavy (non-hydrogen) atoms. The van der Waals surface area contributed by atoms with Gasteiger partial charge in [0.15, 0.2) is 11.5 Å². The molecule has 5 rings (SSSR count). The molecule has 0 radical (unpaired) electrons. The highest BCUT2D eigenvalue weighted by Gasteiger charge is 2.42. The summed E-state index contributed by atoms with van der Waals surface area (Å²) in [5, 5.41) is 2.90. The molecule has 0 bridgehead atoms. The summed E-state index contributed by atoms with van der Waals surface area (Å²) in [5.41, 5.74) is 3.57. The molecule has 2 heterocycles. The van der Waals surface area contributed by atoms with Crippen LogP contribution in [0.4, 0.5) is 5.69 Å². The fraction of sp³-hybridized carbons (Fsp3) is 0.226. The first kappa shape index (κ1) is 28.4. The van der Waals surface area contributed by atoms with Crippen LogP contribution in [0.1, 0.15) is 16.7 Å². The highest BCUT2D eigenvalue weighted by molar-refractivity contribution is 8.26. The van der Waals surface area contributed by atoms with E-state index in [1.807, 2.05) is 60.7 Å². The Morgan fingerprint density at radius 1 is 0.854 bits per heavy atom. The van der Waals surface area contributed by atoms with Crippen LogP contribution in [0, 0.1) is 0 Å². The fourth-order valence-electron chi connectivity index (χ4n) is 4.87. The molecule has 0 atom stereocenters. The van der Waals surface area contributed by atoms with E-state index in [0.717, 1.165) is 22.9 Å². The average Bonchev–Trinajstić information content (AvgIpc) is 3.42. The number of hydrogen-bond donors (Lipinski definition) is 1. The lowest BCUT2D eigenvalue weighted by Crippen LogP contribution is -2.39. The molecule has 0 spiro atoms. The molecule has 2 aliphatic rings. The standard InChI is InChI=1S/C31H29N3O5S2/c1-38-24-13-12-21(18-25(24)39-2)15-17-33-30(37)28(41-31(33)40)27-22-10-6-7-11-23(22)34(29(27)36)19-26(35)32-16-14-20-8-4-3-5-9-20/h3-13,18H,14-17,19H2,1-2H3,(H,32,35). The van der Waals surface area contributed by atoms with Crippen molar-refractivity contribution in [1.29, 1.82) is 0 Å². The van der Waals surface area contributed by atoms with Crippen LogP contribution in [0.25, 0.3) is 5.57 Å². The number of thioether (sulfide) groups is 1. The normalized spacial score (nSPS) is 16.3. The van der Waals surface area contributed by atoms with E-state index in [-0.39, 0.29) is 34.7 Å². The van der Waals surface area contributed by atoms with Crippen LogP contribution in [0.5, 0.6) is 11.5 Å². The van der Waals surface area contributed by atoms with Crippen molar-refractivity contribution in [2.24, 2.45) is 0 Å². The topological polar surface area (TPSA) is 88.2 Å². The van der Waals surface area contributed by atoms with Crippen LogP contribution in [0.3, 0.4) is 0 Å². The van der Waals surface area contributed by atoms with E-state index in [2.05, 4.69) is 5.32 Å². The van der Waals surface area contributed by atoms with Gasteiger partial charge in [0.25, 0.3) is 11.8 Å². The summed E-state index contributed by atoms with van der Waals surface area (Å²) in [7, 11) is 3.15.